The summed E-state index contributed by atoms with van der Waals surface area (Å²) in [5, 5.41) is 19.9. The molecule has 6 N–H and O–H groups in total. The molecule has 0 radical (unpaired) electrons. The van der Waals surface area contributed by atoms with Crippen LogP contribution in [0.3, 0.4) is 0 Å². The predicted molar refractivity (Wildman–Crippen MR) is 84.2 cm³/mol. The molecule has 166 valence electrons. The first-order chi connectivity index (χ1) is 13.1. The number of aromatic nitrogens is 2. The fourth-order valence-corrected chi connectivity index (χ4v) is 5.11. The monoisotopic (exact) mass is 527 g/mol. The first kappa shape index (κ1) is 32.0. The molecule has 0 aliphatic carbocycles. The van der Waals surface area contributed by atoms with Crippen molar-refractivity contribution in [1.29, 1.82) is 0 Å². The molecule has 1 aliphatic heterocycles. The summed E-state index contributed by atoms with van der Waals surface area (Å²) in [5.74, 6) is -0.132. The molecule has 0 amide bonds. The second-order valence-electron chi connectivity index (χ2n) is 5.43. The molecule has 22 heteroatoms. The van der Waals surface area contributed by atoms with Gasteiger partial charge in [0, 0.05) is 6.20 Å². The van der Waals surface area contributed by atoms with Gasteiger partial charge in [0.15, 0.2) is 6.23 Å². The van der Waals surface area contributed by atoms with E-state index in [-0.39, 0.29) is 64.9 Å². The maximum absolute atomic E-state index is 11.8. The summed E-state index contributed by atoms with van der Waals surface area (Å²) in [4.78, 5) is 54.3. The molecule has 1 aromatic heterocycles. The van der Waals surface area contributed by atoms with Crippen molar-refractivity contribution in [2.24, 2.45) is 0 Å². The minimum atomic E-state index is -6.03. The minimum absolute atomic E-state index is 0. The van der Waals surface area contributed by atoms with E-state index in [1.54, 1.807) is 0 Å². The molecule has 0 saturated carbocycles. The molecule has 1 fully saturated rings. The van der Waals surface area contributed by atoms with Crippen LogP contribution in [0.15, 0.2) is 17.1 Å². The molecule has 17 nitrogen and oxygen atoms in total. The molecule has 7 atom stereocenters. The van der Waals surface area contributed by atoms with E-state index in [2.05, 4.69) is 18.1 Å². The average molecular weight is 527 g/mol. The summed E-state index contributed by atoms with van der Waals surface area (Å²) < 4.78 is 49.9. The number of anilines is 1. The number of nitrogens with zero attached hydrogens (tertiary/aromatic N) is 2. The number of nitrogen functional groups attached to an aromatic ring is 1. The fourth-order valence-electron chi connectivity index (χ4n) is 2.18. The second-order valence-corrected chi connectivity index (χ2v) is 9.77. The van der Waals surface area contributed by atoms with Gasteiger partial charge in [0.1, 0.15) is 24.1 Å². The Hall–Kier alpha value is 0.970. The van der Waals surface area contributed by atoms with Crippen LogP contribution in [0, 0.1) is 0 Å². The van der Waals surface area contributed by atoms with Gasteiger partial charge in [-0.1, -0.05) is 0 Å². The maximum Gasteiger partial charge on any atom is 1.00 e. The first-order valence-corrected chi connectivity index (χ1v) is 11.7. The Morgan fingerprint density at radius 3 is 2.26 bits per heavy atom. The third kappa shape index (κ3) is 9.62. The molecule has 0 aromatic carbocycles. The van der Waals surface area contributed by atoms with Crippen molar-refractivity contribution in [3.05, 3.63) is 22.7 Å². The minimum Gasteiger partial charge on any atom is -0.756 e. The van der Waals surface area contributed by atoms with Crippen LogP contribution < -0.4 is 80.3 Å². The van der Waals surface area contributed by atoms with Crippen LogP contribution in [0.2, 0.25) is 0 Å². The van der Waals surface area contributed by atoms with E-state index in [0.717, 1.165) is 10.8 Å². The number of rotatable bonds is 8. The molecule has 0 spiro atoms. The van der Waals surface area contributed by atoms with Crippen LogP contribution in [0.4, 0.5) is 5.82 Å². The van der Waals surface area contributed by atoms with E-state index in [9.17, 15) is 43.4 Å². The van der Waals surface area contributed by atoms with Gasteiger partial charge < -0.3 is 40.3 Å². The van der Waals surface area contributed by atoms with Crippen LogP contribution >= 0.6 is 23.5 Å². The van der Waals surface area contributed by atoms with Crippen LogP contribution in [0.5, 0.6) is 0 Å². The van der Waals surface area contributed by atoms with Gasteiger partial charge >= 0.3 is 72.6 Å². The van der Waals surface area contributed by atoms with Gasteiger partial charge in [-0.3, -0.25) is 18.2 Å². The molecule has 3 unspecified atom stereocenters. The second kappa shape index (κ2) is 12.1. The summed E-state index contributed by atoms with van der Waals surface area (Å²) >= 11 is 0. The molecule has 1 aromatic rings. The fraction of sp³-hybridized carbons (Fsp3) is 0.556. The van der Waals surface area contributed by atoms with Crippen molar-refractivity contribution in [3.63, 3.8) is 0 Å². The number of aliphatic hydroxyl groups excluding tert-OH is 2. The Morgan fingerprint density at radius 1 is 1.16 bits per heavy atom. The summed E-state index contributed by atoms with van der Waals surface area (Å²) in [6.45, 7) is -1.06. The number of phosphoric acid groups is 3. The topological polar surface area (TPSA) is 276 Å². The van der Waals surface area contributed by atoms with Crippen molar-refractivity contribution in [1.82, 2.24) is 9.55 Å². The first-order valence-electron chi connectivity index (χ1n) is 7.21. The van der Waals surface area contributed by atoms with Gasteiger partial charge in [-0.2, -0.15) is 4.98 Å². The van der Waals surface area contributed by atoms with Gasteiger partial charge in [-0.15, -0.1) is 0 Å². The third-order valence-corrected chi connectivity index (χ3v) is 7.00. The van der Waals surface area contributed by atoms with Crippen molar-refractivity contribution < 1.29 is 120 Å². The molecular weight excluding hydrogens is 513 g/mol. The Balaban J connectivity index is 0.00000450. The van der Waals surface area contributed by atoms with Gasteiger partial charge in [-0.05, 0) is 6.07 Å². The largest absolute Gasteiger partial charge is 1.00 e. The Kier molecular flexibility index (Phi) is 12.5. The van der Waals surface area contributed by atoms with E-state index >= 15 is 0 Å². The molecule has 1 aliphatic rings. The Labute approximate surface area is 217 Å². The van der Waals surface area contributed by atoms with E-state index in [4.69, 9.17) is 15.4 Å². The van der Waals surface area contributed by atoms with E-state index in [1.165, 1.54) is 6.07 Å². The zero-order valence-electron chi connectivity index (χ0n) is 15.9. The van der Waals surface area contributed by atoms with Gasteiger partial charge in [-0.25, -0.2) is 18.0 Å². The Morgan fingerprint density at radius 2 is 1.74 bits per heavy atom. The summed E-state index contributed by atoms with van der Waals surface area (Å²) in [7, 11) is -17.4. The number of aliphatic hydroxyl groups is 2. The zero-order valence-corrected chi connectivity index (χ0v) is 22.5. The molecule has 0 bridgehead atoms. The smallest absolute Gasteiger partial charge is 0.756 e. The number of phosphoric ester groups is 1. The van der Waals surface area contributed by atoms with Crippen LogP contribution in [-0.2, 0) is 31.6 Å². The average Bonchev–Trinajstić information content (AvgIpc) is 2.78. The van der Waals surface area contributed by atoms with Gasteiger partial charge in [0.2, 0.25) is 0 Å². The normalized spacial score (nSPS) is 29.0. The van der Waals surface area contributed by atoms with E-state index < -0.39 is 60.3 Å². The summed E-state index contributed by atoms with van der Waals surface area (Å²) in [6, 6.07) is 1.19. The quantitative estimate of drug-likeness (QED) is 0.155. The molecule has 2 rings (SSSR count). The maximum atomic E-state index is 11.8. The van der Waals surface area contributed by atoms with Crippen molar-refractivity contribution >= 4 is 29.3 Å². The van der Waals surface area contributed by atoms with E-state index in [1.807, 2.05) is 0 Å². The molecule has 31 heavy (non-hydrogen) atoms. The van der Waals surface area contributed by atoms with Crippen LogP contribution in [0.25, 0.3) is 0 Å². The Bertz CT molecular complexity index is 956. The molecule has 1 saturated heterocycles. The molecular formula is C9H14N3Na2O14P3. The van der Waals surface area contributed by atoms with Crippen molar-refractivity contribution in [2.45, 2.75) is 24.5 Å². The summed E-state index contributed by atoms with van der Waals surface area (Å²) in [5.41, 5.74) is 4.37. The SMILES string of the molecule is Nc1ccn([C@@H]2O[C@H](COP(=O)(O)OP(=O)([O-])OP(=O)([O-])O)[C@H](O)[C@H]2O)c(=O)n1.[Na+].[Na+]. The predicted octanol–water partition coefficient (Wildman–Crippen LogP) is -9.47. The van der Waals surface area contributed by atoms with Gasteiger partial charge in [0.25, 0.3) is 15.6 Å². The molecule has 2 heterocycles. The van der Waals surface area contributed by atoms with E-state index in [0.29, 0.717) is 0 Å². The van der Waals surface area contributed by atoms with Crippen LogP contribution in [-0.4, -0.2) is 54.5 Å². The van der Waals surface area contributed by atoms with Crippen LogP contribution in [0.1, 0.15) is 6.23 Å². The summed E-state index contributed by atoms with van der Waals surface area (Å²) in [6.07, 6.45) is -5.50. The standard InChI is InChI=1S/C9H16N3O14P3.2Na/c10-5-1-2-12(9(15)11-5)8-7(14)6(13)4(24-8)3-23-28(19,20)26-29(21,22)25-27(16,17)18;;/h1-2,4,6-8,13-14H,3H2,(H,19,20)(H,21,22)(H2,10,11,15)(H2,16,17,18);;/q;2*+1/p-2/t4-,6+,7-,8-;;/m1../s1. The van der Waals surface area contributed by atoms with Gasteiger partial charge in [0.05, 0.1) is 6.61 Å². The number of nitrogens with two attached hydrogens (primary N) is 1. The third-order valence-electron chi connectivity index (χ3n) is 3.27. The van der Waals surface area contributed by atoms with Crippen molar-refractivity contribution in [2.75, 3.05) is 12.3 Å². The number of ether oxygens (including phenoxy) is 1. The number of hydrogen-bond acceptors (Lipinski definition) is 14. The number of hydrogen-bond donors (Lipinski definition) is 5. The zero-order chi connectivity index (χ0) is 22.2. The van der Waals surface area contributed by atoms with Crippen molar-refractivity contribution in [3.8, 4) is 0 Å².